The Morgan fingerprint density at radius 2 is 1.81 bits per heavy atom. The molecule has 0 aliphatic rings. The Labute approximate surface area is 220 Å². The van der Waals surface area contributed by atoms with Crippen molar-refractivity contribution in [2.45, 2.75) is 73.0 Å². The number of pyridine rings is 1. The second-order valence-corrected chi connectivity index (χ2v) is 9.07. The number of anilines is 2. The molecule has 0 radical (unpaired) electrons. The number of rotatable bonds is 12. The highest BCUT2D eigenvalue weighted by atomic mass is 19.4. The van der Waals surface area contributed by atoms with Gasteiger partial charge in [0.1, 0.15) is 5.70 Å². The lowest BCUT2D eigenvalue weighted by molar-refractivity contribution is -0.0925. The van der Waals surface area contributed by atoms with Crippen LogP contribution < -0.4 is 15.5 Å². The van der Waals surface area contributed by atoms with E-state index in [1.54, 1.807) is 19.2 Å². The molecule has 0 aliphatic carbocycles. The van der Waals surface area contributed by atoms with Crippen molar-refractivity contribution in [3.63, 3.8) is 0 Å². The molecule has 4 nitrogen and oxygen atoms in total. The fraction of sp³-hybridized carbons (Fsp3) is 0.433. The third kappa shape index (κ3) is 7.18. The fourth-order valence-electron chi connectivity index (χ4n) is 4.56. The van der Waals surface area contributed by atoms with Gasteiger partial charge in [-0.1, -0.05) is 45.6 Å². The maximum atomic E-state index is 13.1. The third-order valence-corrected chi connectivity index (χ3v) is 6.67. The van der Waals surface area contributed by atoms with E-state index in [0.29, 0.717) is 17.2 Å². The topological polar surface area (TPSA) is 45.4 Å². The summed E-state index contributed by atoms with van der Waals surface area (Å²) >= 11 is 0. The lowest BCUT2D eigenvalue weighted by Gasteiger charge is -2.35. The Hall–Kier alpha value is -3.22. The summed E-state index contributed by atoms with van der Waals surface area (Å²) in [5.74, 6) is 0.852. The van der Waals surface area contributed by atoms with Crippen LogP contribution in [0.15, 0.2) is 61.1 Å². The molecule has 2 rings (SSSR count). The first-order valence-electron chi connectivity index (χ1n) is 13.0. The first-order valence-corrected chi connectivity index (χ1v) is 13.0. The van der Waals surface area contributed by atoms with Gasteiger partial charge in [0, 0.05) is 30.9 Å². The van der Waals surface area contributed by atoms with Gasteiger partial charge in [-0.15, -0.1) is 0 Å². The van der Waals surface area contributed by atoms with Crippen molar-refractivity contribution in [2.24, 2.45) is 5.73 Å². The van der Waals surface area contributed by atoms with Crippen LogP contribution in [-0.4, -0.2) is 30.3 Å². The predicted molar refractivity (Wildman–Crippen MR) is 152 cm³/mol. The zero-order chi connectivity index (χ0) is 27.8. The summed E-state index contributed by atoms with van der Waals surface area (Å²) in [6, 6.07) is 8.17. The highest BCUT2D eigenvalue weighted by molar-refractivity contribution is 5.82. The van der Waals surface area contributed by atoms with Crippen molar-refractivity contribution in [3.8, 4) is 11.1 Å². The van der Waals surface area contributed by atoms with E-state index in [1.165, 1.54) is 0 Å². The second kappa shape index (κ2) is 13.4. The number of hydrogen-bond acceptors (Lipinski definition) is 4. The molecule has 0 fully saturated rings. The standard InChI is InChI=1S/C30H41F3N4/c1-8-16-37(25(10-3)11-4)27-18-24(20-35-29(27)36(12-5)13-6)26-17-23(15-14-21(26)7)22(9-2)19-28(34)30(31,32)33/h9,12,14-15,17-20,25H,5,8,10-11,13,16,34H2,1-4,6-7H3/b22-9+,28-19-. The predicted octanol–water partition coefficient (Wildman–Crippen LogP) is 8.24. The molecule has 0 bridgehead atoms. The van der Waals surface area contributed by atoms with Crippen LogP contribution in [0.1, 0.15) is 65.0 Å². The van der Waals surface area contributed by atoms with E-state index >= 15 is 0 Å². The molecule has 37 heavy (non-hydrogen) atoms. The fourth-order valence-corrected chi connectivity index (χ4v) is 4.56. The van der Waals surface area contributed by atoms with Crippen molar-refractivity contribution < 1.29 is 13.2 Å². The van der Waals surface area contributed by atoms with Gasteiger partial charge in [0.05, 0.1) is 5.69 Å². The van der Waals surface area contributed by atoms with Crippen molar-refractivity contribution in [1.29, 1.82) is 0 Å². The summed E-state index contributed by atoms with van der Waals surface area (Å²) < 4.78 is 39.3. The molecular formula is C30H41F3N4. The first-order chi connectivity index (χ1) is 17.6. The highest BCUT2D eigenvalue weighted by Gasteiger charge is 2.31. The van der Waals surface area contributed by atoms with Gasteiger partial charge in [0.25, 0.3) is 0 Å². The maximum Gasteiger partial charge on any atom is 0.430 e. The molecule has 0 saturated carbocycles. The molecule has 1 aromatic carbocycles. The van der Waals surface area contributed by atoms with Crippen LogP contribution >= 0.6 is 0 Å². The normalized spacial score (nSPS) is 12.7. The molecule has 0 spiro atoms. The van der Waals surface area contributed by atoms with Crippen molar-refractivity contribution in [3.05, 3.63) is 72.2 Å². The number of allylic oxidation sites excluding steroid dienone is 4. The summed E-state index contributed by atoms with van der Waals surface area (Å²) in [6.07, 6.45) is 4.68. The van der Waals surface area contributed by atoms with Crippen LogP contribution in [-0.2, 0) is 0 Å². The van der Waals surface area contributed by atoms with Gasteiger partial charge in [0.15, 0.2) is 5.82 Å². The summed E-state index contributed by atoms with van der Waals surface area (Å²) in [6.45, 7) is 17.9. The number of alkyl halides is 3. The molecular weight excluding hydrogens is 473 g/mol. The average molecular weight is 515 g/mol. The zero-order valence-corrected chi connectivity index (χ0v) is 23.0. The highest BCUT2D eigenvalue weighted by Crippen LogP contribution is 2.37. The van der Waals surface area contributed by atoms with E-state index < -0.39 is 11.9 Å². The Morgan fingerprint density at radius 3 is 2.32 bits per heavy atom. The van der Waals surface area contributed by atoms with Crippen molar-refractivity contribution in [2.75, 3.05) is 22.9 Å². The lowest BCUT2D eigenvalue weighted by atomic mass is 9.95. The summed E-state index contributed by atoms with van der Waals surface area (Å²) in [7, 11) is 0. The SMILES string of the molecule is C=CN(CC)c1ncc(-c2cc(C(/C=C(\N)C(F)(F)F)=C/C)ccc2C)cc1N(CCC)C(CC)CC. The molecule has 7 heteroatoms. The monoisotopic (exact) mass is 514 g/mol. The third-order valence-electron chi connectivity index (χ3n) is 6.67. The average Bonchev–Trinajstić information content (AvgIpc) is 2.88. The quantitative estimate of drug-likeness (QED) is 0.290. The van der Waals surface area contributed by atoms with E-state index in [-0.39, 0.29) is 0 Å². The number of nitrogens with zero attached hydrogens (tertiary/aromatic N) is 3. The van der Waals surface area contributed by atoms with Crippen LogP contribution in [0.2, 0.25) is 0 Å². The van der Waals surface area contributed by atoms with E-state index in [0.717, 1.165) is 66.6 Å². The zero-order valence-electron chi connectivity index (χ0n) is 23.0. The maximum absolute atomic E-state index is 13.1. The molecule has 202 valence electrons. The van der Waals surface area contributed by atoms with Crippen LogP contribution in [0, 0.1) is 6.92 Å². The number of aryl methyl sites for hydroxylation is 1. The second-order valence-electron chi connectivity index (χ2n) is 9.07. The Bertz CT molecular complexity index is 1110. The first kappa shape index (κ1) is 30.0. The molecule has 0 atom stereocenters. The van der Waals surface area contributed by atoms with Crippen LogP contribution in [0.3, 0.4) is 0 Å². The van der Waals surface area contributed by atoms with Gasteiger partial charge < -0.3 is 15.5 Å². The van der Waals surface area contributed by atoms with Crippen LogP contribution in [0.5, 0.6) is 0 Å². The van der Waals surface area contributed by atoms with Gasteiger partial charge in [-0.3, -0.25) is 0 Å². The minimum absolute atomic E-state index is 0.358. The van der Waals surface area contributed by atoms with E-state index in [4.69, 9.17) is 10.7 Å². The molecule has 0 saturated heterocycles. The van der Waals surface area contributed by atoms with Crippen molar-refractivity contribution >= 4 is 17.1 Å². The number of hydrogen-bond donors (Lipinski definition) is 1. The molecule has 1 aromatic heterocycles. The van der Waals surface area contributed by atoms with Crippen molar-refractivity contribution in [1.82, 2.24) is 4.98 Å². The number of nitrogens with two attached hydrogens (primary N) is 1. The van der Waals surface area contributed by atoms with Gasteiger partial charge in [-0.2, -0.15) is 13.2 Å². The number of aromatic nitrogens is 1. The Balaban J connectivity index is 2.74. The van der Waals surface area contributed by atoms with E-state index in [9.17, 15) is 13.2 Å². The minimum Gasteiger partial charge on any atom is -0.395 e. The minimum atomic E-state index is -4.58. The smallest absolute Gasteiger partial charge is 0.395 e. The molecule has 0 aliphatic heterocycles. The van der Waals surface area contributed by atoms with E-state index in [1.807, 2.05) is 36.2 Å². The number of benzene rings is 1. The summed E-state index contributed by atoms with van der Waals surface area (Å²) in [5.41, 5.74) is 9.13. The van der Waals surface area contributed by atoms with Gasteiger partial charge >= 0.3 is 6.18 Å². The van der Waals surface area contributed by atoms with Gasteiger partial charge in [-0.05, 0) is 86.7 Å². The molecule has 1 heterocycles. The molecule has 2 N–H and O–H groups in total. The lowest BCUT2D eigenvalue weighted by Crippen LogP contribution is -2.36. The van der Waals surface area contributed by atoms with Crippen LogP contribution in [0.4, 0.5) is 24.7 Å². The molecule has 2 aromatic rings. The van der Waals surface area contributed by atoms with Gasteiger partial charge in [0.2, 0.25) is 0 Å². The number of halogens is 3. The van der Waals surface area contributed by atoms with Gasteiger partial charge in [-0.25, -0.2) is 4.98 Å². The summed E-state index contributed by atoms with van der Waals surface area (Å²) in [5, 5.41) is 0. The molecule has 0 unspecified atom stereocenters. The van der Waals surface area contributed by atoms with Crippen LogP contribution in [0.25, 0.3) is 16.7 Å². The Kier molecular flexibility index (Phi) is 10.8. The Morgan fingerprint density at radius 1 is 1.14 bits per heavy atom. The molecule has 0 amide bonds. The largest absolute Gasteiger partial charge is 0.430 e. The van der Waals surface area contributed by atoms with E-state index in [2.05, 4.69) is 45.2 Å². The summed E-state index contributed by atoms with van der Waals surface area (Å²) in [4.78, 5) is 9.35.